The summed E-state index contributed by atoms with van der Waals surface area (Å²) < 4.78 is 5.69. The predicted octanol–water partition coefficient (Wildman–Crippen LogP) is 4.01. The molecule has 26 heavy (non-hydrogen) atoms. The summed E-state index contributed by atoms with van der Waals surface area (Å²) in [5.41, 5.74) is 2.50. The van der Waals surface area contributed by atoms with Crippen molar-refractivity contribution in [3.8, 4) is 10.8 Å². The van der Waals surface area contributed by atoms with E-state index in [2.05, 4.69) is 20.3 Å². The second-order valence-electron chi connectivity index (χ2n) is 6.10. The molecule has 3 heterocycles. The van der Waals surface area contributed by atoms with Gasteiger partial charge in [-0.25, -0.2) is 9.97 Å². The standard InChI is InChI=1S/C19H18N4O2S/c1-11(18-21-13-6-3-4-7-14(13)22-18)20-17(24)10-15-12(2)25-19(23-15)16-8-5-9-26-16/h3-9,11H,10H2,1-2H3,(H,20,24)(H,21,22). The minimum Gasteiger partial charge on any atom is -0.440 e. The van der Waals surface area contributed by atoms with Gasteiger partial charge in [-0.3, -0.25) is 4.79 Å². The molecule has 0 fully saturated rings. The van der Waals surface area contributed by atoms with Crippen LogP contribution in [0.5, 0.6) is 0 Å². The van der Waals surface area contributed by atoms with Crippen LogP contribution >= 0.6 is 11.3 Å². The largest absolute Gasteiger partial charge is 0.440 e. The van der Waals surface area contributed by atoms with Crippen molar-refractivity contribution in [2.45, 2.75) is 26.3 Å². The molecule has 0 saturated carbocycles. The summed E-state index contributed by atoms with van der Waals surface area (Å²) in [6, 6.07) is 11.5. The van der Waals surface area contributed by atoms with E-state index in [0.717, 1.165) is 21.7 Å². The lowest BCUT2D eigenvalue weighted by atomic mass is 10.2. The monoisotopic (exact) mass is 366 g/mol. The van der Waals surface area contributed by atoms with E-state index >= 15 is 0 Å². The highest BCUT2D eigenvalue weighted by Gasteiger charge is 2.18. The van der Waals surface area contributed by atoms with Gasteiger partial charge in [0.25, 0.3) is 0 Å². The minimum absolute atomic E-state index is 0.118. The lowest BCUT2D eigenvalue weighted by Crippen LogP contribution is -2.29. The molecule has 1 aromatic carbocycles. The van der Waals surface area contributed by atoms with Gasteiger partial charge < -0.3 is 14.7 Å². The van der Waals surface area contributed by atoms with Crippen molar-refractivity contribution in [1.82, 2.24) is 20.3 Å². The van der Waals surface area contributed by atoms with E-state index in [4.69, 9.17) is 4.42 Å². The van der Waals surface area contributed by atoms with Gasteiger partial charge in [0, 0.05) is 0 Å². The van der Waals surface area contributed by atoms with Crippen molar-refractivity contribution in [3.05, 3.63) is 59.1 Å². The third-order valence-electron chi connectivity index (χ3n) is 4.15. The Morgan fingerprint density at radius 2 is 2.12 bits per heavy atom. The molecule has 0 saturated heterocycles. The Kier molecular flexibility index (Phi) is 4.30. The molecule has 6 nitrogen and oxygen atoms in total. The SMILES string of the molecule is Cc1oc(-c2cccs2)nc1CC(=O)NC(C)c1nc2ccccc2[nH]1. The maximum absolute atomic E-state index is 12.4. The maximum Gasteiger partial charge on any atom is 0.236 e. The molecule has 0 bridgehead atoms. The fraction of sp³-hybridized carbons (Fsp3) is 0.211. The van der Waals surface area contributed by atoms with Gasteiger partial charge in [0.2, 0.25) is 11.8 Å². The number of benzene rings is 1. The molecule has 4 aromatic rings. The van der Waals surface area contributed by atoms with Gasteiger partial charge in [-0.05, 0) is 37.4 Å². The molecule has 4 rings (SSSR count). The van der Waals surface area contributed by atoms with E-state index in [-0.39, 0.29) is 18.4 Å². The Labute approximate surface area is 154 Å². The highest BCUT2D eigenvalue weighted by Crippen LogP contribution is 2.26. The number of aryl methyl sites for hydroxylation is 1. The first-order valence-electron chi connectivity index (χ1n) is 8.34. The summed E-state index contributed by atoms with van der Waals surface area (Å²) in [7, 11) is 0. The van der Waals surface area contributed by atoms with Crippen LogP contribution in [0.3, 0.4) is 0 Å². The number of aromatic nitrogens is 3. The van der Waals surface area contributed by atoms with E-state index < -0.39 is 0 Å². The van der Waals surface area contributed by atoms with Crippen molar-refractivity contribution in [2.24, 2.45) is 0 Å². The van der Waals surface area contributed by atoms with Crippen LogP contribution in [-0.2, 0) is 11.2 Å². The number of rotatable bonds is 5. The Morgan fingerprint density at radius 3 is 2.88 bits per heavy atom. The second-order valence-corrected chi connectivity index (χ2v) is 7.05. The third kappa shape index (κ3) is 3.25. The first-order chi connectivity index (χ1) is 12.6. The number of imidazole rings is 1. The van der Waals surface area contributed by atoms with Crippen LogP contribution in [0, 0.1) is 6.92 Å². The number of oxazole rings is 1. The summed E-state index contributed by atoms with van der Waals surface area (Å²) in [4.78, 5) is 25.6. The summed E-state index contributed by atoms with van der Waals surface area (Å²) in [6.45, 7) is 3.73. The topological polar surface area (TPSA) is 83.8 Å². The number of hydrogen-bond donors (Lipinski definition) is 2. The van der Waals surface area contributed by atoms with Crippen LogP contribution in [0.4, 0.5) is 0 Å². The summed E-state index contributed by atoms with van der Waals surface area (Å²) in [6.07, 6.45) is 0.172. The molecule has 7 heteroatoms. The molecule has 1 amide bonds. The third-order valence-corrected chi connectivity index (χ3v) is 5.01. The average molecular weight is 366 g/mol. The average Bonchev–Trinajstić information content (AvgIpc) is 3.34. The zero-order valence-corrected chi connectivity index (χ0v) is 15.3. The number of para-hydroxylation sites is 2. The highest BCUT2D eigenvalue weighted by atomic mass is 32.1. The number of thiophene rings is 1. The van der Waals surface area contributed by atoms with Crippen molar-refractivity contribution in [1.29, 1.82) is 0 Å². The molecule has 1 unspecified atom stereocenters. The number of amides is 1. The van der Waals surface area contributed by atoms with Crippen molar-refractivity contribution in [3.63, 3.8) is 0 Å². The normalized spacial score (nSPS) is 12.4. The number of hydrogen-bond acceptors (Lipinski definition) is 5. The molecule has 0 aliphatic rings. The van der Waals surface area contributed by atoms with Crippen LogP contribution < -0.4 is 5.32 Å². The first-order valence-corrected chi connectivity index (χ1v) is 9.22. The number of aromatic amines is 1. The molecule has 132 valence electrons. The van der Waals surface area contributed by atoms with Crippen LogP contribution in [0.2, 0.25) is 0 Å². The number of carbonyl (C=O) groups excluding carboxylic acids is 1. The van der Waals surface area contributed by atoms with E-state index in [1.54, 1.807) is 11.3 Å². The van der Waals surface area contributed by atoms with Crippen LogP contribution in [0.15, 0.2) is 46.2 Å². The van der Waals surface area contributed by atoms with E-state index in [1.165, 1.54) is 0 Å². The van der Waals surface area contributed by atoms with Gasteiger partial charge in [0.15, 0.2) is 0 Å². The highest BCUT2D eigenvalue weighted by molar-refractivity contribution is 7.13. The number of fused-ring (bicyclic) bond motifs is 1. The lowest BCUT2D eigenvalue weighted by molar-refractivity contribution is -0.121. The van der Waals surface area contributed by atoms with Gasteiger partial charge in [-0.1, -0.05) is 18.2 Å². The molecule has 3 aromatic heterocycles. The molecule has 1 atom stereocenters. The molecule has 2 N–H and O–H groups in total. The predicted molar refractivity (Wildman–Crippen MR) is 101 cm³/mol. The van der Waals surface area contributed by atoms with Gasteiger partial charge in [-0.15, -0.1) is 11.3 Å². The summed E-state index contributed by atoms with van der Waals surface area (Å²) >= 11 is 1.56. The first kappa shape index (κ1) is 16.5. The zero-order valence-electron chi connectivity index (χ0n) is 14.4. The van der Waals surface area contributed by atoms with E-state index in [0.29, 0.717) is 17.3 Å². The van der Waals surface area contributed by atoms with Gasteiger partial charge in [-0.2, -0.15) is 0 Å². The van der Waals surface area contributed by atoms with Gasteiger partial charge >= 0.3 is 0 Å². The van der Waals surface area contributed by atoms with Gasteiger partial charge in [0.1, 0.15) is 11.6 Å². The molecule has 0 aliphatic carbocycles. The minimum atomic E-state index is -0.223. The Bertz CT molecular complexity index is 1020. The maximum atomic E-state index is 12.4. The summed E-state index contributed by atoms with van der Waals surface area (Å²) in [5, 5.41) is 4.93. The molecule has 0 spiro atoms. The lowest BCUT2D eigenvalue weighted by Gasteiger charge is -2.10. The Morgan fingerprint density at radius 1 is 1.27 bits per heavy atom. The number of H-pyrrole nitrogens is 1. The van der Waals surface area contributed by atoms with Gasteiger partial charge in [0.05, 0.1) is 34.1 Å². The fourth-order valence-electron chi connectivity index (χ4n) is 2.79. The van der Waals surface area contributed by atoms with Crippen LogP contribution in [0.1, 0.15) is 30.2 Å². The van der Waals surface area contributed by atoms with Crippen molar-refractivity contribution < 1.29 is 9.21 Å². The van der Waals surface area contributed by atoms with Crippen LogP contribution in [0.25, 0.3) is 21.8 Å². The molecular formula is C19H18N4O2S. The molecule has 0 aliphatic heterocycles. The molecular weight excluding hydrogens is 348 g/mol. The van der Waals surface area contributed by atoms with Crippen molar-refractivity contribution in [2.75, 3.05) is 0 Å². The van der Waals surface area contributed by atoms with E-state index in [9.17, 15) is 4.79 Å². The quantitative estimate of drug-likeness (QED) is 0.559. The zero-order chi connectivity index (χ0) is 18.1. The Hall–Kier alpha value is -2.93. The number of nitrogens with zero attached hydrogens (tertiary/aromatic N) is 2. The fourth-order valence-corrected chi connectivity index (χ4v) is 3.44. The number of carbonyl (C=O) groups is 1. The van der Waals surface area contributed by atoms with Crippen molar-refractivity contribution >= 4 is 28.3 Å². The van der Waals surface area contributed by atoms with Crippen LogP contribution in [-0.4, -0.2) is 20.9 Å². The number of nitrogens with one attached hydrogen (secondary N) is 2. The molecule has 0 radical (unpaired) electrons. The summed E-state index contributed by atoms with van der Waals surface area (Å²) in [5.74, 6) is 1.84. The van der Waals surface area contributed by atoms with E-state index in [1.807, 2.05) is 55.6 Å². The smallest absolute Gasteiger partial charge is 0.236 e. The second kappa shape index (κ2) is 6.76. The Balaban J connectivity index is 1.45.